The Kier molecular flexibility index (Phi) is 7.01. The molecule has 0 aliphatic carbocycles. The van der Waals surface area contributed by atoms with Crippen molar-refractivity contribution in [2.75, 3.05) is 19.6 Å². The molecule has 1 aliphatic heterocycles. The first-order chi connectivity index (χ1) is 13.1. The van der Waals surface area contributed by atoms with Gasteiger partial charge in [0.2, 0.25) is 5.91 Å². The van der Waals surface area contributed by atoms with Gasteiger partial charge in [-0.1, -0.05) is 29.8 Å². The molecule has 2 amide bonds. The summed E-state index contributed by atoms with van der Waals surface area (Å²) in [5, 5.41) is 9.57. The van der Waals surface area contributed by atoms with Gasteiger partial charge in [-0.25, -0.2) is 0 Å². The number of hydrogen-bond acceptors (Lipinski definition) is 4. The SMILES string of the molecule is Cc1cccc(CN2CCC(NC(=O)CCNC(=O)c3ccsc3)CC2)c1. The van der Waals surface area contributed by atoms with E-state index >= 15 is 0 Å². The fourth-order valence-electron chi connectivity index (χ4n) is 3.39. The summed E-state index contributed by atoms with van der Waals surface area (Å²) >= 11 is 1.49. The number of rotatable bonds is 7. The van der Waals surface area contributed by atoms with Crippen molar-refractivity contribution in [2.24, 2.45) is 0 Å². The summed E-state index contributed by atoms with van der Waals surface area (Å²) in [6.07, 6.45) is 2.26. The van der Waals surface area contributed by atoms with E-state index in [-0.39, 0.29) is 17.9 Å². The second kappa shape index (κ2) is 9.67. The molecule has 1 aromatic carbocycles. The average Bonchev–Trinajstić information content (AvgIpc) is 3.18. The minimum Gasteiger partial charge on any atom is -0.353 e. The van der Waals surface area contributed by atoms with Crippen molar-refractivity contribution in [1.29, 1.82) is 0 Å². The van der Waals surface area contributed by atoms with Gasteiger partial charge in [0.05, 0.1) is 0 Å². The molecule has 2 aromatic rings. The van der Waals surface area contributed by atoms with Gasteiger partial charge in [0.25, 0.3) is 5.91 Å². The van der Waals surface area contributed by atoms with Gasteiger partial charge in [-0.2, -0.15) is 11.3 Å². The zero-order valence-electron chi connectivity index (χ0n) is 15.7. The van der Waals surface area contributed by atoms with Crippen molar-refractivity contribution in [3.8, 4) is 0 Å². The van der Waals surface area contributed by atoms with Gasteiger partial charge in [0.1, 0.15) is 0 Å². The lowest BCUT2D eigenvalue weighted by atomic mass is 10.0. The van der Waals surface area contributed by atoms with Gasteiger partial charge >= 0.3 is 0 Å². The van der Waals surface area contributed by atoms with E-state index in [1.807, 2.05) is 5.38 Å². The molecule has 1 aliphatic rings. The lowest BCUT2D eigenvalue weighted by Gasteiger charge is -2.32. The third-order valence-electron chi connectivity index (χ3n) is 4.86. The topological polar surface area (TPSA) is 61.4 Å². The molecule has 1 aromatic heterocycles. The molecule has 27 heavy (non-hydrogen) atoms. The zero-order chi connectivity index (χ0) is 19.1. The number of hydrogen-bond donors (Lipinski definition) is 2. The fraction of sp³-hybridized carbons (Fsp3) is 0.429. The highest BCUT2D eigenvalue weighted by molar-refractivity contribution is 7.08. The molecule has 1 saturated heterocycles. The quantitative estimate of drug-likeness (QED) is 0.770. The molecular formula is C21H27N3O2S. The molecule has 0 radical (unpaired) electrons. The highest BCUT2D eigenvalue weighted by Crippen LogP contribution is 2.15. The van der Waals surface area contributed by atoms with Gasteiger partial charge in [0.15, 0.2) is 0 Å². The van der Waals surface area contributed by atoms with E-state index in [1.54, 1.807) is 11.4 Å². The van der Waals surface area contributed by atoms with Crippen LogP contribution >= 0.6 is 11.3 Å². The van der Waals surface area contributed by atoms with Crippen LogP contribution in [0.1, 0.15) is 40.7 Å². The van der Waals surface area contributed by atoms with Crippen LogP contribution in [-0.4, -0.2) is 42.4 Å². The Morgan fingerprint density at radius 3 is 2.74 bits per heavy atom. The van der Waals surface area contributed by atoms with E-state index in [0.717, 1.165) is 32.5 Å². The predicted molar refractivity (Wildman–Crippen MR) is 109 cm³/mol. The minimum absolute atomic E-state index is 0.0118. The van der Waals surface area contributed by atoms with Gasteiger partial charge < -0.3 is 10.6 Å². The molecule has 0 atom stereocenters. The van der Waals surface area contributed by atoms with E-state index in [0.29, 0.717) is 18.5 Å². The Labute approximate surface area is 164 Å². The molecule has 3 rings (SSSR count). The molecule has 0 bridgehead atoms. The second-order valence-corrected chi connectivity index (χ2v) is 7.90. The van der Waals surface area contributed by atoms with Crippen molar-refractivity contribution in [3.05, 3.63) is 57.8 Å². The van der Waals surface area contributed by atoms with Crippen molar-refractivity contribution in [1.82, 2.24) is 15.5 Å². The summed E-state index contributed by atoms with van der Waals surface area (Å²) in [5.41, 5.74) is 3.29. The maximum absolute atomic E-state index is 12.1. The summed E-state index contributed by atoms with van der Waals surface area (Å²) in [6, 6.07) is 10.6. The summed E-state index contributed by atoms with van der Waals surface area (Å²) in [4.78, 5) is 26.4. The lowest BCUT2D eigenvalue weighted by molar-refractivity contribution is -0.122. The minimum atomic E-state index is -0.117. The predicted octanol–water partition coefficient (Wildman–Crippen LogP) is 2.96. The maximum Gasteiger partial charge on any atom is 0.252 e. The molecule has 5 nitrogen and oxygen atoms in total. The number of thiophene rings is 1. The normalized spacial score (nSPS) is 15.4. The summed E-state index contributed by atoms with van der Waals surface area (Å²) in [6.45, 7) is 5.44. The van der Waals surface area contributed by atoms with Crippen LogP contribution in [-0.2, 0) is 11.3 Å². The first kappa shape index (κ1) is 19.6. The number of nitrogens with zero attached hydrogens (tertiary/aromatic N) is 1. The van der Waals surface area contributed by atoms with E-state index in [1.165, 1.54) is 22.5 Å². The second-order valence-electron chi connectivity index (χ2n) is 7.12. The number of carbonyl (C=O) groups is 2. The number of carbonyl (C=O) groups excluding carboxylic acids is 2. The molecular weight excluding hydrogens is 358 g/mol. The third-order valence-corrected chi connectivity index (χ3v) is 5.55. The summed E-state index contributed by atoms with van der Waals surface area (Å²) < 4.78 is 0. The van der Waals surface area contributed by atoms with E-state index in [9.17, 15) is 9.59 Å². The first-order valence-corrected chi connectivity index (χ1v) is 10.4. The Morgan fingerprint density at radius 1 is 1.22 bits per heavy atom. The largest absolute Gasteiger partial charge is 0.353 e. The number of aryl methyl sites for hydroxylation is 1. The molecule has 0 spiro atoms. The van der Waals surface area contributed by atoms with Crippen LogP contribution in [0.2, 0.25) is 0 Å². The van der Waals surface area contributed by atoms with Gasteiger partial charge in [-0.3, -0.25) is 14.5 Å². The van der Waals surface area contributed by atoms with Crippen LogP contribution in [0.15, 0.2) is 41.1 Å². The molecule has 2 N–H and O–H groups in total. The maximum atomic E-state index is 12.1. The van der Waals surface area contributed by atoms with E-state index < -0.39 is 0 Å². The fourth-order valence-corrected chi connectivity index (χ4v) is 4.03. The highest BCUT2D eigenvalue weighted by Gasteiger charge is 2.20. The van der Waals surface area contributed by atoms with Gasteiger partial charge in [-0.15, -0.1) is 0 Å². The van der Waals surface area contributed by atoms with Gasteiger partial charge in [-0.05, 0) is 36.8 Å². The van der Waals surface area contributed by atoms with Crippen molar-refractivity contribution >= 4 is 23.2 Å². The summed E-state index contributed by atoms with van der Waals surface area (Å²) in [7, 11) is 0. The van der Waals surface area contributed by atoms with Crippen LogP contribution in [0, 0.1) is 6.92 Å². The third kappa shape index (κ3) is 6.19. The Bertz CT molecular complexity index is 753. The standard InChI is InChI=1S/C21H27N3O2S/c1-16-3-2-4-17(13-16)14-24-10-6-19(7-11-24)23-20(25)5-9-22-21(26)18-8-12-27-15-18/h2-4,8,12-13,15,19H,5-7,9-11,14H2,1H3,(H,22,26)(H,23,25). The Morgan fingerprint density at radius 2 is 2.04 bits per heavy atom. The molecule has 6 heteroatoms. The van der Waals surface area contributed by atoms with Crippen LogP contribution in [0.3, 0.4) is 0 Å². The molecule has 0 unspecified atom stereocenters. The average molecular weight is 386 g/mol. The number of benzene rings is 1. The Balaban J connectivity index is 1.32. The van der Waals surface area contributed by atoms with E-state index in [4.69, 9.17) is 0 Å². The van der Waals surface area contributed by atoms with Crippen LogP contribution in [0.25, 0.3) is 0 Å². The monoisotopic (exact) mass is 385 g/mol. The van der Waals surface area contributed by atoms with Crippen LogP contribution < -0.4 is 10.6 Å². The van der Waals surface area contributed by atoms with E-state index in [2.05, 4.69) is 46.7 Å². The number of piperidine rings is 1. The van der Waals surface area contributed by atoms with Gasteiger partial charge in [0, 0.05) is 49.6 Å². The van der Waals surface area contributed by atoms with Crippen molar-refractivity contribution in [2.45, 2.75) is 38.8 Å². The van der Waals surface area contributed by atoms with Crippen molar-refractivity contribution < 1.29 is 9.59 Å². The molecule has 2 heterocycles. The van der Waals surface area contributed by atoms with Crippen LogP contribution in [0.5, 0.6) is 0 Å². The molecule has 0 saturated carbocycles. The van der Waals surface area contributed by atoms with Crippen LogP contribution in [0.4, 0.5) is 0 Å². The molecule has 144 valence electrons. The smallest absolute Gasteiger partial charge is 0.252 e. The first-order valence-electron chi connectivity index (χ1n) is 9.48. The number of likely N-dealkylation sites (tertiary alicyclic amines) is 1. The molecule has 1 fully saturated rings. The highest BCUT2D eigenvalue weighted by atomic mass is 32.1. The summed E-state index contributed by atoms with van der Waals surface area (Å²) in [5.74, 6) is -0.105. The lowest BCUT2D eigenvalue weighted by Crippen LogP contribution is -2.45. The van der Waals surface area contributed by atoms with Crippen molar-refractivity contribution in [3.63, 3.8) is 0 Å². The number of amides is 2. The number of nitrogens with one attached hydrogen (secondary N) is 2. The Hall–Kier alpha value is -2.18. The zero-order valence-corrected chi connectivity index (χ0v) is 16.6.